The summed E-state index contributed by atoms with van der Waals surface area (Å²) in [7, 11) is -3.92. The Labute approximate surface area is 267 Å². The second-order valence-electron chi connectivity index (χ2n) is 13.7. The summed E-state index contributed by atoms with van der Waals surface area (Å²) in [5.41, 5.74) is 2.60. The lowest BCUT2D eigenvalue weighted by Crippen LogP contribution is -2.49. The third-order valence-corrected chi connectivity index (χ3v) is 12.2. The van der Waals surface area contributed by atoms with E-state index in [-0.39, 0.29) is 34.5 Å². The Hall–Kier alpha value is -2.81. The van der Waals surface area contributed by atoms with Crippen LogP contribution in [0.5, 0.6) is 5.75 Å². The van der Waals surface area contributed by atoms with Crippen LogP contribution in [0.25, 0.3) is 0 Å². The van der Waals surface area contributed by atoms with Gasteiger partial charge in [-0.2, -0.15) is 0 Å². The molecule has 0 saturated heterocycles. The average Bonchev–Trinajstić information content (AvgIpc) is 3.10. The first-order valence-corrected chi connectivity index (χ1v) is 17.6. The van der Waals surface area contributed by atoms with E-state index < -0.39 is 27.4 Å². The number of hydrogen-bond donors (Lipinski definition) is 2. The van der Waals surface area contributed by atoms with Gasteiger partial charge in [-0.3, -0.25) is 4.79 Å². The molecule has 1 fully saturated rings. The maximum absolute atomic E-state index is 13.4. The number of hydrogen-bond acceptors (Lipinski definition) is 6. The van der Waals surface area contributed by atoms with Crippen molar-refractivity contribution in [3.8, 4) is 5.75 Å². The smallest absolute Gasteiger partial charge is 0.264 e. The predicted octanol–water partition coefficient (Wildman–Crippen LogP) is 6.29. The summed E-state index contributed by atoms with van der Waals surface area (Å²) in [6.45, 7) is 15.0. The molecular weight excluding hydrogens is 596 g/mol. The highest BCUT2D eigenvalue weighted by Crippen LogP contribution is 2.46. The lowest BCUT2D eigenvalue weighted by Gasteiger charge is -2.45. The number of amides is 1. The fourth-order valence-electron chi connectivity index (χ4n) is 7.16. The number of halogens is 1. The Balaban J connectivity index is 1.47. The number of allylic oxidation sites excluding steroid dienone is 1. The Kier molecular flexibility index (Phi) is 9.28. The van der Waals surface area contributed by atoms with Gasteiger partial charge in [-0.05, 0) is 96.7 Å². The van der Waals surface area contributed by atoms with E-state index in [1.807, 2.05) is 26.8 Å². The minimum atomic E-state index is -3.92. The van der Waals surface area contributed by atoms with E-state index in [0.29, 0.717) is 25.4 Å². The van der Waals surface area contributed by atoms with Crippen LogP contribution < -0.4 is 14.4 Å². The first-order chi connectivity index (χ1) is 20.8. The SMILES string of the molecule is C=CC(O)[C@@H]1CC[C@H]1CN1C[C@@]2(CCCc3cc(Cl)ccc32)COc2ccc(C(=O)NS(=O)(=O)CC(C)(C)C(C)C=C)cc21. The molecule has 1 saturated carbocycles. The molecule has 2 aromatic carbocycles. The predicted molar refractivity (Wildman–Crippen MR) is 177 cm³/mol. The molecule has 1 spiro atoms. The fourth-order valence-corrected chi connectivity index (χ4v) is 9.07. The van der Waals surface area contributed by atoms with Gasteiger partial charge in [0.25, 0.3) is 5.91 Å². The maximum Gasteiger partial charge on any atom is 0.264 e. The van der Waals surface area contributed by atoms with E-state index in [2.05, 4.69) is 34.9 Å². The van der Waals surface area contributed by atoms with Crippen molar-refractivity contribution >= 4 is 33.2 Å². The fraction of sp³-hybridized carbons (Fsp3) is 0.514. The number of rotatable bonds is 10. The number of ether oxygens (including phenoxy) is 1. The third kappa shape index (κ3) is 6.58. The quantitative estimate of drug-likeness (QED) is 0.296. The van der Waals surface area contributed by atoms with E-state index >= 15 is 0 Å². The van der Waals surface area contributed by atoms with Crippen molar-refractivity contribution in [2.45, 2.75) is 64.4 Å². The van der Waals surface area contributed by atoms with Gasteiger partial charge in [0.05, 0.1) is 24.2 Å². The zero-order valence-corrected chi connectivity index (χ0v) is 27.6. The molecule has 2 unspecified atom stereocenters. The molecule has 5 atom stereocenters. The number of anilines is 1. The summed E-state index contributed by atoms with van der Waals surface area (Å²) in [6, 6.07) is 11.3. The summed E-state index contributed by atoms with van der Waals surface area (Å²) < 4.78 is 35.0. The number of aryl methyl sites for hydroxylation is 1. The van der Waals surface area contributed by atoms with Crippen LogP contribution in [-0.2, 0) is 21.9 Å². The van der Waals surface area contributed by atoms with Gasteiger partial charge in [0, 0.05) is 29.1 Å². The van der Waals surface area contributed by atoms with Gasteiger partial charge in [-0.25, -0.2) is 13.1 Å². The Morgan fingerprint density at radius 3 is 2.68 bits per heavy atom. The largest absolute Gasteiger partial charge is 0.490 e. The first kappa shape index (κ1) is 32.6. The lowest BCUT2D eigenvalue weighted by molar-refractivity contribution is 0.0460. The van der Waals surface area contributed by atoms with Crippen LogP contribution in [-0.4, -0.2) is 51.0 Å². The van der Waals surface area contributed by atoms with E-state index in [1.165, 1.54) is 11.1 Å². The van der Waals surface area contributed by atoms with Crippen LogP contribution >= 0.6 is 11.6 Å². The van der Waals surface area contributed by atoms with Gasteiger partial charge in [-0.1, -0.05) is 50.6 Å². The van der Waals surface area contributed by atoms with Gasteiger partial charge in [0.2, 0.25) is 10.0 Å². The van der Waals surface area contributed by atoms with Crippen molar-refractivity contribution in [1.82, 2.24) is 4.72 Å². The highest BCUT2D eigenvalue weighted by Gasteiger charge is 2.44. The van der Waals surface area contributed by atoms with Crippen LogP contribution in [0.2, 0.25) is 5.02 Å². The van der Waals surface area contributed by atoms with Crippen LogP contribution in [0.15, 0.2) is 61.7 Å². The molecule has 2 aliphatic carbocycles. The Bertz CT molecular complexity index is 1540. The number of carbonyl (C=O) groups is 1. The number of nitrogens with one attached hydrogen (secondary N) is 1. The standard InChI is InChI=1S/C35H45ClN2O5S/c1-6-23(3)34(4,5)22-44(41,42)37-33(40)25-11-15-32-30(18-25)38(19-26-10-13-28(26)31(39)7-2)20-35(21-43-32)16-8-9-24-17-27(36)12-14-29(24)35/h6-7,11-12,14-15,17-18,23,26,28,31,39H,1-2,8-10,13,16,19-22H2,3-5H3,(H,37,40)/t23?,26-,28+,31?,35-/m0/s1. The molecule has 2 aromatic rings. The summed E-state index contributed by atoms with van der Waals surface area (Å²) in [5, 5.41) is 11.3. The Morgan fingerprint density at radius 1 is 1.23 bits per heavy atom. The zero-order chi connectivity index (χ0) is 31.9. The second kappa shape index (κ2) is 12.5. The van der Waals surface area contributed by atoms with Crippen molar-refractivity contribution in [3.05, 3.63) is 83.4 Å². The van der Waals surface area contributed by atoms with Gasteiger partial charge in [-0.15, -0.1) is 13.2 Å². The van der Waals surface area contributed by atoms with E-state index in [1.54, 1.807) is 30.4 Å². The minimum absolute atomic E-state index is 0.0596. The number of aliphatic hydroxyl groups excluding tert-OH is 1. The van der Waals surface area contributed by atoms with Crippen LogP contribution in [0.3, 0.4) is 0 Å². The molecule has 9 heteroatoms. The summed E-state index contributed by atoms with van der Waals surface area (Å²) >= 11 is 6.39. The van der Waals surface area contributed by atoms with Crippen LogP contribution in [0, 0.1) is 23.2 Å². The number of aliphatic hydroxyl groups is 1. The lowest BCUT2D eigenvalue weighted by atomic mass is 9.68. The minimum Gasteiger partial charge on any atom is -0.490 e. The monoisotopic (exact) mass is 640 g/mol. The topological polar surface area (TPSA) is 95.9 Å². The number of carbonyl (C=O) groups excluding carboxylic acids is 1. The second-order valence-corrected chi connectivity index (χ2v) is 15.9. The van der Waals surface area contributed by atoms with Gasteiger partial charge in [0.15, 0.2) is 0 Å². The normalized spacial score (nSPS) is 24.5. The molecule has 1 amide bonds. The summed E-state index contributed by atoms with van der Waals surface area (Å²) in [5.74, 6) is 0.0754. The maximum atomic E-state index is 13.4. The van der Waals surface area contributed by atoms with Crippen molar-refractivity contribution in [1.29, 1.82) is 0 Å². The van der Waals surface area contributed by atoms with Crippen LogP contribution in [0.1, 0.15) is 67.9 Å². The van der Waals surface area contributed by atoms with E-state index in [0.717, 1.165) is 42.8 Å². The molecule has 0 radical (unpaired) electrons. The molecule has 3 aliphatic rings. The Morgan fingerprint density at radius 2 is 2.00 bits per heavy atom. The third-order valence-electron chi connectivity index (χ3n) is 10.3. The molecule has 2 N–H and O–H groups in total. The molecule has 0 bridgehead atoms. The van der Waals surface area contributed by atoms with Crippen molar-refractivity contribution in [3.63, 3.8) is 0 Å². The number of benzene rings is 2. The highest BCUT2D eigenvalue weighted by molar-refractivity contribution is 7.90. The van der Waals surface area contributed by atoms with E-state index in [4.69, 9.17) is 16.3 Å². The molecule has 5 rings (SSSR count). The average molecular weight is 641 g/mol. The van der Waals surface area contributed by atoms with Gasteiger partial charge >= 0.3 is 0 Å². The highest BCUT2D eigenvalue weighted by atomic mass is 35.5. The molecule has 44 heavy (non-hydrogen) atoms. The number of nitrogens with zero attached hydrogens (tertiary/aromatic N) is 1. The number of sulfonamides is 1. The number of fused-ring (bicyclic) bond motifs is 3. The van der Waals surface area contributed by atoms with Crippen molar-refractivity contribution < 1.29 is 23.1 Å². The molecule has 1 heterocycles. The van der Waals surface area contributed by atoms with Crippen molar-refractivity contribution in [2.24, 2.45) is 23.2 Å². The van der Waals surface area contributed by atoms with Crippen molar-refractivity contribution in [2.75, 3.05) is 30.3 Å². The zero-order valence-electron chi connectivity index (χ0n) is 26.0. The van der Waals surface area contributed by atoms with E-state index in [9.17, 15) is 18.3 Å². The summed E-state index contributed by atoms with van der Waals surface area (Å²) in [6.07, 6.45) is 7.60. The molecule has 238 valence electrons. The first-order valence-electron chi connectivity index (χ1n) is 15.6. The molecular formula is C35H45ClN2O5S. The molecule has 7 nitrogen and oxygen atoms in total. The molecule has 0 aromatic heterocycles. The van der Waals surface area contributed by atoms with Gasteiger partial charge < -0.3 is 14.7 Å². The van der Waals surface area contributed by atoms with Crippen LogP contribution in [0.4, 0.5) is 5.69 Å². The summed E-state index contributed by atoms with van der Waals surface area (Å²) in [4.78, 5) is 15.7. The van der Waals surface area contributed by atoms with Gasteiger partial charge in [0.1, 0.15) is 5.75 Å². The molecule has 1 aliphatic heterocycles.